The summed E-state index contributed by atoms with van der Waals surface area (Å²) in [6.07, 6.45) is 6.60. The van der Waals surface area contributed by atoms with E-state index in [1.807, 2.05) is 37.6 Å². The van der Waals surface area contributed by atoms with Gasteiger partial charge in [0.1, 0.15) is 0 Å². The Morgan fingerprint density at radius 2 is 2.00 bits per heavy atom. The first-order valence-electron chi connectivity index (χ1n) is 9.53. The lowest BCUT2D eigenvalue weighted by Gasteiger charge is -2.19. The molecule has 1 aromatic carbocycles. The lowest BCUT2D eigenvalue weighted by atomic mass is 10.1. The molecule has 0 spiro atoms. The van der Waals surface area contributed by atoms with E-state index < -0.39 is 0 Å². The zero-order chi connectivity index (χ0) is 19.5. The zero-order valence-electron chi connectivity index (χ0n) is 16.3. The van der Waals surface area contributed by atoms with Crippen LogP contribution in [0.4, 0.5) is 5.95 Å². The standard InChI is InChI=1S/C20H25N7O/c1-25-6-3-7-27(9-8-25)14-19(28)24-20-21-11-16-5-4-15(10-18(16)23-20)17-12-22-26(2)13-17/h4-5,10-13H,3,6-9,14H2,1-2H3,(H,21,23,24,28). The van der Waals surface area contributed by atoms with Crippen LogP contribution in [-0.2, 0) is 11.8 Å². The maximum atomic E-state index is 12.4. The fourth-order valence-corrected chi connectivity index (χ4v) is 3.46. The van der Waals surface area contributed by atoms with Crippen molar-refractivity contribution in [2.24, 2.45) is 7.05 Å². The molecule has 0 unspecified atom stereocenters. The number of aryl methyl sites for hydroxylation is 1. The van der Waals surface area contributed by atoms with Crippen LogP contribution in [0.5, 0.6) is 0 Å². The molecule has 1 fully saturated rings. The summed E-state index contributed by atoms with van der Waals surface area (Å²) in [6.45, 7) is 4.26. The van der Waals surface area contributed by atoms with Crippen molar-refractivity contribution in [3.05, 3.63) is 36.8 Å². The van der Waals surface area contributed by atoms with E-state index in [4.69, 9.17) is 0 Å². The summed E-state index contributed by atoms with van der Waals surface area (Å²) in [5.41, 5.74) is 2.85. The lowest BCUT2D eigenvalue weighted by molar-refractivity contribution is -0.117. The number of carbonyl (C=O) groups excluding carboxylic acids is 1. The number of nitrogens with zero attached hydrogens (tertiary/aromatic N) is 6. The molecule has 1 amide bonds. The molecule has 1 saturated heterocycles. The van der Waals surface area contributed by atoms with E-state index in [-0.39, 0.29) is 5.91 Å². The monoisotopic (exact) mass is 379 g/mol. The molecule has 2 aromatic heterocycles. The van der Waals surface area contributed by atoms with Crippen molar-refractivity contribution in [3.8, 4) is 11.1 Å². The number of aromatic nitrogens is 4. The van der Waals surface area contributed by atoms with Gasteiger partial charge in [-0.3, -0.25) is 19.7 Å². The summed E-state index contributed by atoms with van der Waals surface area (Å²) < 4.78 is 1.77. The Labute approximate surface area is 164 Å². The Bertz CT molecular complexity index is 984. The van der Waals surface area contributed by atoms with Crippen LogP contribution < -0.4 is 5.32 Å². The second-order valence-corrected chi connectivity index (χ2v) is 7.35. The Balaban J connectivity index is 1.46. The Morgan fingerprint density at radius 1 is 1.11 bits per heavy atom. The second kappa shape index (κ2) is 8.04. The van der Waals surface area contributed by atoms with E-state index in [0.717, 1.165) is 54.6 Å². The minimum Gasteiger partial charge on any atom is -0.305 e. The van der Waals surface area contributed by atoms with Gasteiger partial charge in [0, 0.05) is 43.5 Å². The summed E-state index contributed by atoms with van der Waals surface area (Å²) in [5, 5.41) is 7.99. The summed E-state index contributed by atoms with van der Waals surface area (Å²) in [7, 11) is 4.01. The summed E-state index contributed by atoms with van der Waals surface area (Å²) in [4.78, 5) is 25.7. The quantitative estimate of drug-likeness (QED) is 0.742. The molecule has 1 N–H and O–H groups in total. The van der Waals surface area contributed by atoms with Gasteiger partial charge < -0.3 is 4.90 Å². The van der Waals surface area contributed by atoms with Gasteiger partial charge in [-0.1, -0.05) is 12.1 Å². The maximum Gasteiger partial charge on any atom is 0.240 e. The smallest absolute Gasteiger partial charge is 0.240 e. The van der Waals surface area contributed by atoms with Gasteiger partial charge in [-0.2, -0.15) is 5.10 Å². The molecule has 8 heteroatoms. The fraction of sp³-hybridized carbons (Fsp3) is 0.400. The first kappa shape index (κ1) is 18.5. The average Bonchev–Trinajstić information content (AvgIpc) is 3.01. The van der Waals surface area contributed by atoms with Gasteiger partial charge in [0.15, 0.2) is 0 Å². The van der Waals surface area contributed by atoms with Crippen molar-refractivity contribution in [1.82, 2.24) is 29.5 Å². The minimum atomic E-state index is -0.0766. The van der Waals surface area contributed by atoms with Gasteiger partial charge in [-0.25, -0.2) is 9.97 Å². The van der Waals surface area contributed by atoms with E-state index in [1.54, 1.807) is 10.9 Å². The number of rotatable bonds is 4. The van der Waals surface area contributed by atoms with E-state index >= 15 is 0 Å². The van der Waals surface area contributed by atoms with Crippen molar-refractivity contribution in [2.75, 3.05) is 45.1 Å². The second-order valence-electron chi connectivity index (χ2n) is 7.35. The molecule has 4 rings (SSSR count). The molecule has 1 aliphatic heterocycles. The summed E-state index contributed by atoms with van der Waals surface area (Å²) in [6, 6.07) is 6.00. The van der Waals surface area contributed by atoms with Crippen LogP contribution in [0.3, 0.4) is 0 Å². The van der Waals surface area contributed by atoms with E-state index in [2.05, 4.69) is 37.2 Å². The highest BCUT2D eigenvalue weighted by atomic mass is 16.2. The van der Waals surface area contributed by atoms with Gasteiger partial charge >= 0.3 is 0 Å². The van der Waals surface area contributed by atoms with E-state index in [9.17, 15) is 4.79 Å². The normalized spacial score (nSPS) is 16.2. The molecule has 146 valence electrons. The number of carbonyl (C=O) groups is 1. The Hall–Kier alpha value is -2.84. The number of hydrogen-bond donors (Lipinski definition) is 1. The third kappa shape index (κ3) is 4.35. The van der Waals surface area contributed by atoms with Crippen LogP contribution >= 0.6 is 0 Å². The van der Waals surface area contributed by atoms with Crippen LogP contribution in [0.1, 0.15) is 6.42 Å². The Kier molecular flexibility index (Phi) is 5.31. The zero-order valence-corrected chi connectivity index (χ0v) is 16.3. The van der Waals surface area contributed by atoms with Crippen molar-refractivity contribution >= 4 is 22.8 Å². The number of nitrogens with one attached hydrogen (secondary N) is 1. The number of anilines is 1. The molecular formula is C20H25N7O. The predicted octanol–water partition coefficient (Wildman–Crippen LogP) is 1.61. The van der Waals surface area contributed by atoms with Crippen LogP contribution in [0, 0.1) is 0 Å². The predicted molar refractivity (Wildman–Crippen MR) is 109 cm³/mol. The van der Waals surface area contributed by atoms with Gasteiger partial charge in [-0.15, -0.1) is 0 Å². The number of likely N-dealkylation sites (N-methyl/N-ethyl adjacent to an activating group) is 1. The highest BCUT2D eigenvalue weighted by Gasteiger charge is 2.16. The number of fused-ring (bicyclic) bond motifs is 1. The van der Waals surface area contributed by atoms with Crippen LogP contribution in [-0.4, -0.2) is 75.2 Å². The molecule has 0 atom stereocenters. The number of hydrogen-bond acceptors (Lipinski definition) is 6. The maximum absolute atomic E-state index is 12.4. The van der Waals surface area contributed by atoms with Crippen molar-refractivity contribution in [3.63, 3.8) is 0 Å². The van der Waals surface area contributed by atoms with Crippen molar-refractivity contribution < 1.29 is 4.79 Å². The number of amides is 1. The van der Waals surface area contributed by atoms with Gasteiger partial charge in [0.05, 0.1) is 18.3 Å². The molecule has 8 nitrogen and oxygen atoms in total. The van der Waals surface area contributed by atoms with Crippen LogP contribution in [0.2, 0.25) is 0 Å². The van der Waals surface area contributed by atoms with E-state index in [0.29, 0.717) is 12.5 Å². The summed E-state index contributed by atoms with van der Waals surface area (Å²) >= 11 is 0. The van der Waals surface area contributed by atoms with Crippen molar-refractivity contribution in [2.45, 2.75) is 6.42 Å². The first-order valence-corrected chi connectivity index (χ1v) is 9.53. The third-order valence-corrected chi connectivity index (χ3v) is 5.05. The molecule has 1 aliphatic rings. The van der Waals surface area contributed by atoms with Gasteiger partial charge in [-0.05, 0) is 38.2 Å². The molecule has 0 bridgehead atoms. The topological polar surface area (TPSA) is 79.2 Å². The van der Waals surface area contributed by atoms with Crippen LogP contribution in [0.25, 0.3) is 22.0 Å². The molecule has 0 saturated carbocycles. The summed E-state index contributed by atoms with van der Waals surface area (Å²) in [5.74, 6) is 0.264. The number of benzene rings is 1. The van der Waals surface area contributed by atoms with Gasteiger partial charge in [0.2, 0.25) is 11.9 Å². The molecule has 3 heterocycles. The molecule has 0 aliphatic carbocycles. The Morgan fingerprint density at radius 3 is 2.82 bits per heavy atom. The first-order chi connectivity index (χ1) is 13.6. The molecule has 3 aromatic rings. The highest BCUT2D eigenvalue weighted by molar-refractivity contribution is 5.92. The van der Waals surface area contributed by atoms with Gasteiger partial charge in [0.25, 0.3) is 0 Å². The van der Waals surface area contributed by atoms with Crippen molar-refractivity contribution in [1.29, 1.82) is 0 Å². The highest BCUT2D eigenvalue weighted by Crippen LogP contribution is 2.23. The average molecular weight is 379 g/mol. The minimum absolute atomic E-state index is 0.0766. The molecule has 0 radical (unpaired) electrons. The van der Waals surface area contributed by atoms with Crippen LogP contribution in [0.15, 0.2) is 36.8 Å². The largest absolute Gasteiger partial charge is 0.305 e. The molecular weight excluding hydrogens is 354 g/mol. The molecule has 28 heavy (non-hydrogen) atoms. The fourth-order valence-electron chi connectivity index (χ4n) is 3.46. The van der Waals surface area contributed by atoms with E-state index in [1.165, 1.54) is 0 Å². The third-order valence-electron chi connectivity index (χ3n) is 5.05. The SMILES string of the molecule is CN1CCCN(CC(=O)Nc2ncc3ccc(-c4cnn(C)c4)cc3n2)CC1. The lowest BCUT2D eigenvalue weighted by Crippen LogP contribution is -2.36.